The van der Waals surface area contributed by atoms with E-state index in [0.29, 0.717) is 21.2 Å². The SMILES string of the molecule is CCCCCCCS(=O)(=O)c1ccccc1.CCCCCNCc1ccccc1.CCCCCS(=O)(=O)c1ccccc1.CCCNCc1ccccc1.CCNS(=O)(=O)c1ccccc1.CN(C)C.CN(C)C.CN(C)C.CN(C)C.CN(C)C. The Morgan fingerprint density at radius 3 is 0.860 bits per heavy atom. The molecule has 86 heavy (non-hydrogen) atoms. The van der Waals surface area contributed by atoms with Gasteiger partial charge in [-0.2, -0.15) is 0 Å². The van der Waals surface area contributed by atoms with Crippen LogP contribution in [0.5, 0.6) is 0 Å². The average Bonchev–Trinajstić information content (AvgIpc) is 3.57. The lowest BCUT2D eigenvalue weighted by atomic mass is 10.2. The number of nitrogens with zero attached hydrogens (tertiary/aromatic N) is 5. The van der Waals surface area contributed by atoms with E-state index in [-0.39, 0.29) is 11.5 Å². The van der Waals surface area contributed by atoms with Gasteiger partial charge >= 0.3 is 0 Å². The Balaban J connectivity index is -0.000000295. The summed E-state index contributed by atoms with van der Waals surface area (Å²) in [6.07, 6.45) is 13.2. The van der Waals surface area contributed by atoms with Crippen molar-refractivity contribution in [2.75, 3.05) is 137 Å². The van der Waals surface area contributed by atoms with Gasteiger partial charge in [0, 0.05) is 19.6 Å². The molecule has 496 valence electrons. The molecule has 0 atom stereocenters. The van der Waals surface area contributed by atoms with Crippen molar-refractivity contribution in [2.24, 2.45) is 0 Å². The van der Waals surface area contributed by atoms with Crippen molar-refractivity contribution in [2.45, 2.75) is 139 Å². The number of sulfone groups is 2. The van der Waals surface area contributed by atoms with Crippen molar-refractivity contribution >= 4 is 29.7 Å². The van der Waals surface area contributed by atoms with Gasteiger partial charge in [-0.25, -0.2) is 30.0 Å². The van der Waals surface area contributed by atoms with Crippen LogP contribution in [0.4, 0.5) is 0 Å². The van der Waals surface area contributed by atoms with E-state index in [2.05, 4.69) is 97.6 Å². The van der Waals surface area contributed by atoms with Gasteiger partial charge in [0.2, 0.25) is 10.0 Å². The molecule has 0 amide bonds. The zero-order valence-electron chi connectivity index (χ0n) is 57.8. The largest absolute Gasteiger partial charge is 0.313 e. The van der Waals surface area contributed by atoms with Crippen LogP contribution in [0.15, 0.2) is 166 Å². The fourth-order valence-corrected chi connectivity index (χ4v) is 9.98. The number of hydrogen-bond acceptors (Lipinski definition) is 13. The molecule has 5 aromatic rings. The minimum absolute atomic E-state index is 0.269. The van der Waals surface area contributed by atoms with Crippen LogP contribution >= 0.6 is 0 Å². The summed E-state index contributed by atoms with van der Waals surface area (Å²) in [5.41, 5.74) is 2.74. The average molecular weight is 1260 g/mol. The monoisotopic (exact) mass is 1260 g/mol. The Kier molecular flexibility index (Phi) is 65.4. The summed E-state index contributed by atoms with van der Waals surface area (Å²) < 4.78 is 72.2. The maximum Gasteiger partial charge on any atom is 0.240 e. The summed E-state index contributed by atoms with van der Waals surface area (Å²) in [5, 5.41) is 6.79. The lowest BCUT2D eigenvalue weighted by Crippen LogP contribution is -2.22. The number of hydrogen-bond donors (Lipinski definition) is 3. The summed E-state index contributed by atoms with van der Waals surface area (Å²) in [7, 11) is 20.7. The molecule has 0 saturated carbocycles. The third-order valence-electron chi connectivity index (χ3n) is 9.85. The normalized spacial score (nSPS) is 10.5. The molecule has 5 aromatic carbocycles. The van der Waals surface area contributed by atoms with Gasteiger partial charge in [0.25, 0.3) is 0 Å². The van der Waals surface area contributed by atoms with Gasteiger partial charge in [0.1, 0.15) is 0 Å². The van der Waals surface area contributed by atoms with E-state index in [4.69, 9.17) is 0 Å². The zero-order valence-corrected chi connectivity index (χ0v) is 60.2. The van der Waals surface area contributed by atoms with E-state index in [0.717, 1.165) is 64.7 Å². The van der Waals surface area contributed by atoms with Gasteiger partial charge in [-0.3, -0.25) is 0 Å². The Morgan fingerprint density at radius 2 is 0.558 bits per heavy atom. The van der Waals surface area contributed by atoms with Gasteiger partial charge < -0.3 is 35.1 Å². The molecule has 0 aliphatic heterocycles. The molecule has 0 aliphatic rings. The summed E-state index contributed by atoms with van der Waals surface area (Å²) in [6, 6.07) is 46.7. The molecular formula is C69H126N8O6S3. The number of benzene rings is 5. The van der Waals surface area contributed by atoms with Crippen LogP contribution in [0.1, 0.15) is 123 Å². The number of rotatable bonds is 25. The first-order valence-corrected chi connectivity index (χ1v) is 35.5. The first-order chi connectivity index (χ1) is 40.5. The fraction of sp³-hybridized carbons (Fsp3) is 0.565. The van der Waals surface area contributed by atoms with Crippen LogP contribution in [-0.4, -0.2) is 187 Å². The second-order valence-corrected chi connectivity index (χ2v) is 28.4. The fourth-order valence-electron chi connectivity index (χ4n) is 6.14. The van der Waals surface area contributed by atoms with E-state index in [9.17, 15) is 25.3 Å². The minimum Gasteiger partial charge on any atom is -0.313 e. The molecule has 0 fully saturated rings. The van der Waals surface area contributed by atoms with E-state index >= 15 is 0 Å². The predicted octanol–water partition coefficient (Wildman–Crippen LogP) is 13.1. The van der Waals surface area contributed by atoms with Crippen molar-refractivity contribution in [3.63, 3.8) is 0 Å². The molecule has 0 saturated heterocycles. The topological polar surface area (TPSA) is 155 Å². The Morgan fingerprint density at radius 1 is 0.302 bits per heavy atom. The minimum atomic E-state index is -3.26. The van der Waals surface area contributed by atoms with E-state index in [1.165, 1.54) is 49.7 Å². The van der Waals surface area contributed by atoms with Crippen molar-refractivity contribution in [1.29, 1.82) is 0 Å². The van der Waals surface area contributed by atoms with Crippen molar-refractivity contribution in [3.05, 3.63) is 163 Å². The molecule has 0 bridgehead atoms. The molecule has 0 heterocycles. The molecule has 0 unspecified atom stereocenters. The Bertz CT molecular complexity index is 2430. The lowest BCUT2D eigenvalue weighted by molar-refractivity contribution is 0.505. The number of nitrogens with one attached hydrogen (secondary N) is 3. The summed E-state index contributed by atoms with van der Waals surface area (Å²) >= 11 is 0. The molecule has 0 aliphatic carbocycles. The number of sulfonamides is 1. The smallest absolute Gasteiger partial charge is 0.240 e. The molecule has 14 nitrogen and oxygen atoms in total. The van der Waals surface area contributed by atoms with Gasteiger partial charge in [-0.15, -0.1) is 0 Å². The highest BCUT2D eigenvalue weighted by Gasteiger charge is 2.14. The van der Waals surface area contributed by atoms with Crippen LogP contribution in [0.3, 0.4) is 0 Å². The molecule has 0 spiro atoms. The molecule has 5 rings (SSSR count). The van der Waals surface area contributed by atoms with E-state index in [1.807, 2.05) is 148 Å². The van der Waals surface area contributed by atoms with Crippen LogP contribution in [0, 0.1) is 0 Å². The molecular weight excluding hydrogens is 1130 g/mol. The highest BCUT2D eigenvalue weighted by atomic mass is 32.2. The van der Waals surface area contributed by atoms with Gasteiger partial charge in [-0.1, -0.05) is 201 Å². The summed E-state index contributed by atoms with van der Waals surface area (Å²) in [4.78, 5) is 11.2. The van der Waals surface area contributed by atoms with Crippen molar-refractivity contribution in [1.82, 2.24) is 39.9 Å². The third kappa shape index (κ3) is 70.4. The van der Waals surface area contributed by atoms with Crippen molar-refractivity contribution < 1.29 is 25.3 Å². The van der Waals surface area contributed by atoms with Crippen molar-refractivity contribution in [3.8, 4) is 0 Å². The second kappa shape index (κ2) is 62.2. The van der Waals surface area contributed by atoms with Crippen LogP contribution < -0.4 is 15.4 Å². The summed E-state index contributed by atoms with van der Waals surface area (Å²) in [5.74, 6) is 0.547. The maximum atomic E-state index is 11.9. The highest BCUT2D eigenvalue weighted by molar-refractivity contribution is 7.91. The molecule has 0 radical (unpaired) electrons. The van der Waals surface area contributed by atoms with Gasteiger partial charge in [0.05, 0.1) is 26.2 Å². The first-order valence-electron chi connectivity index (χ1n) is 30.7. The number of unbranched alkanes of at least 4 members (excludes halogenated alkanes) is 8. The molecule has 17 heteroatoms. The molecule has 0 aromatic heterocycles. The standard InChI is InChI=1S/C13H20O2S.C12H19N.C11H16O2S.C10H15N.C8H11NO2S.5C3H9N/c1-2-3-4-5-9-12-16(14,15)13-10-7-6-8-11-13;1-2-3-7-10-13-11-12-8-5-4-6-9-12;1-2-3-7-10-14(12,13)11-8-5-4-6-9-11;1-2-8-11-9-10-6-4-3-5-7-10;1-2-9-12(10,11)8-6-4-3-5-7-8;5*1-4(2)3/h6-8,10-11H,2-5,9,12H2,1H3;4-6,8-9,13H,2-3,7,10-11H2,1H3;4-6,8-9H,2-3,7,10H2,1H3;3-7,11H,2,8-9H2,1H3;3-7,9H,2H2,1H3;5*1-3H3. The van der Waals surface area contributed by atoms with Gasteiger partial charge in [-0.05, 0) is 192 Å². The zero-order chi connectivity index (χ0) is 66.5. The van der Waals surface area contributed by atoms with Crippen LogP contribution in [-0.2, 0) is 42.8 Å². The Hall–Kier alpha value is -4.37. The second-order valence-electron chi connectivity index (χ2n) is 22.4. The molecule has 3 N–H and O–H groups in total. The Labute approximate surface area is 530 Å². The van der Waals surface area contributed by atoms with E-state index in [1.54, 1.807) is 85.8 Å². The maximum absolute atomic E-state index is 11.9. The summed E-state index contributed by atoms with van der Waals surface area (Å²) in [6.45, 7) is 15.0. The highest BCUT2D eigenvalue weighted by Crippen LogP contribution is 2.14. The predicted molar refractivity (Wildman–Crippen MR) is 377 cm³/mol. The van der Waals surface area contributed by atoms with Crippen LogP contribution in [0.25, 0.3) is 0 Å². The third-order valence-corrected chi connectivity index (χ3v) is 15.0. The van der Waals surface area contributed by atoms with E-state index < -0.39 is 29.7 Å². The first kappa shape index (κ1) is 90.4. The van der Waals surface area contributed by atoms with Crippen LogP contribution in [0.2, 0.25) is 0 Å². The van der Waals surface area contributed by atoms with Gasteiger partial charge in [0.15, 0.2) is 19.7 Å². The quantitative estimate of drug-likeness (QED) is 0.0475. The lowest BCUT2D eigenvalue weighted by Gasteiger charge is -2.03.